The minimum absolute atomic E-state index is 0.115. The summed E-state index contributed by atoms with van der Waals surface area (Å²) in [6.07, 6.45) is 4.10. The third-order valence-electron chi connectivity index (χ3n) is 8.83. The smallest absolute Gasteiger partial charge is 0.267 e. The molecule has 2 saturated heterocycles. The highest BCUT2D eigenvalue weighted by molar-refractivity contribution is 5.99. The molecule has 2 aliphatic heterocycles. The van der Waals surface area contributed by atoms with Crippen LogP contribution in [0, 0.1) is 11.7 Å². The van der Waals surface area contributed by atoms with Crippen LogP contribution in [0.4, 0.5) is 4.39 Å². The number of aliphatic hydroxyl groups excluding tert-OH is 1. The van der Waals surface area contributed by atoms with Crippen molar-refractivity contribution in [2.24, 2.45) is 5.92 Å². The highest BCUT2D eigenvalue weighted by Gasteiger charge is 2.29. The normalized spacial score (nSPS) is 21.9. The molecule has 3 atom stereocenters. The van der Waals surface area contributed by atoms with Gasteiger partial charge in [0, 0.05) is 66.7 Å². The molecule has 3 N–H and O–H groups in total. The number of furan rings is 1. The number of hydrogen-bond donors (Lipinski definition) is 3. The number of aromatic nitrogens is 1. The molecule has 0 unspecified atom stereocenters. The molecular formula is C32H39FN4O4. The number of halogens is 1. The van der Waals surface area contributed by atoms with Gasteiger partial charge in [0.05, 0.1) is 12.4 Å². The summed E-state index contributed by atoms with van der Waals surface area (Å²) in [6.45, 7) is 9.46. The molecule has 6 rings (SSSR count). The molecule has 2 fully saturated rings. The topological polar surface area (TPSA) is 94.0 Å². The molecule has 1 amide bonds. The van der Waals surface area contributed by atoms with Gasteiger partial charge in [-0.25, -0.2) is 4.39 Å². The van der Waals surface area contributed by atoms with Crippen LogP contribution in [0.3, 0.4) is 0 Å². The third kappa shape index (κ3) is 6.12. The van der Waals surface area contributed by atoms with Gasteiger partial charge in [0.25, 0.3) is 5.91 Å². The Kier molecular flexibility index (Phi) is 8.01. The van der Waals surface area contributed by atoms with Gasteiger partial charge in [-0.15, -0.1) is 0 Å². The van der Waals surface area contributed by atoms with Gasteiger partial charge in [-0.05, 0) is 68.5 Å². The Balaban J connectivity index is 1.03. The van der Waals surface area contributed by atoms with Crippen molar-refractivity contribution in [2.45, 2.75) is 57.9 Å². The number of nitrogens with one attached hydrogen (secondary N) is 2. The van der Waals surface area contributed by atoms with Gasteiger partial charge in [0.1, 0.15) is 29.5 Å². The summed E-state index contributed by atoms with van der Waals surface area (Å²) in [7, 11) is 0. The number of aromatic amines is 1. The molecule has 4 aromatic rings. The number of amides is 1. The molecule has 41 heavy (non-hydrogen) atoms. The Morgan fingerprint density at radius 3 is 2.80 bits per heavy atom. The van der Waals surface area contributed by atoms with E-state index in [1.807, 2.05) is 24.3 Å². The van der Waals surface area contributed by atoms with Crippen LogP contribution in [0.2, 0.25) is 0 Å². The summed E-state index contributed by atoms with van der Waals surface area (Å²) >= 11 is 0. The van der Waals surface area contributed by atoms with E-state index < -0.39 is 0 Å². The monoisotopic (exact) mass is 562 g/mol. The standard InChI is InChI=1S/C32H39FN4O4/c1-20-16-37(13-10-29(20)38)21(2)17-36-11-8-24(9-12-36)34-32(39)28-15-26-27(35-28)4-3-5-30(26)40-18-22-19-41-31-7-6-23(33)14-25(22)31/h3-7,14-15,19-21,24,29,35,38H,8-13,16-18H2,1-2H3,(H,34,39)/t20-,21-,29-/m0/s1. The van der Waals surface area contributed by atoms with Gasteiger partial charge in [0.15, 0.2) is 0 Å². The summed E-state index contributed by atoms with van der Waals surface area (Å²) in [4.78, 5) is 21.4. The number of benzene rings is 2. The number of carbonyl (C=O) groups is 1. The zero-order valence-corrected chi connectivity index (χ0v) is 23.7. The maximum absolute atomic E-state index is 13.7. The van der Waals surface area contributed by atoms with Gasteiger partial charge in [-0.1, -0.05) is 13.0 Å². The first-order chi connectivity index (χ1) is 19.8. The number of carbonyl (C=O) groups excluding carboxylic acids is 1. The molecule has 2 aromatic carbocycles. The SMILES string of the molecule is C[C@H]1CN([C@@H](C)CN2CCC(NC(=O)c3cc4c(OCc5coc6ccc(F)cc56)cccc4[nH]3)CC2)CC[C@@H]1O. The molecule has 0 spiro atoms. The van der Waals surface area contributed by atoms with E-state index in [0.717, 1.165) is 68.5 Å². The minimum atomic E-state index is -0.322. The van der Waals surface area contributed by atoms with E-state index in [9.17, 15) is 14.3 Å². The third-order valence-corrected chi connectivity index (χ3v) is 8.83. The molecule has 0 bridgehead atoms. The lowest BCUT2D eigenvalue weighted by Crippen LogP contribution is -2.52. The van der Waals surface area contributed by atoms with Gasteiger partial charge in [0.2, 0.25) is 0 Å². The second-order valence-corrected chi connectivity index (χ2v) is 11.8. The number of fused-ring (bicyclic) bond motifs is 2. The molecule has 8 nitrogen and oxygen atoms in total. The molecule has 2 aliphatic rings. The number of nitrogens with zero attached hydrogens (tertiary/aromatic N) is 2. The van der Waals surface area contributed by atoms with E-state index >= 15 is 0 Å². The fraction of sp³-hybridized carbons (Fsp3) is 0.469. The summed E-state index contributed by atoms with van der Waals surface area (Å²) < 4.78 is 25.4. The Labute approximate surface area is 239 Å². The van der Waals surface area contributed by atoms with Gasteiger partial charge >= 0.3 is 0 Å². The number of aliphatic hydroxyl groups is 1. The van der Waals surface area contributed by atoms with Crippen molar-refractivity contribution in [1.82, 2.24) is 20.1 Å². The number of hydrogen-bond acceptors (Lipinski definition) is 6. The average Bonchev–Trinajstić information content (AvgIpc) is 3.59. The van der Waals surface area contributed by atoms with Crippen LogP contribution in [0.15, 0.2) is 53.1 Å². The Bertz CT molecular complexity index is 1510. The lowest BCUT2D eigenvalue weighted by atomic mass is 9.95. The number of ether oxygens (including phenoxy) is 1. The Morgan fingerprint density at radius 1 is 1.17 bits per heavy atom. The van der Waals surface area contributed by atoms with Crippen molar-refractivity contribution < 1.29 is 23.4 Å². The first-order valence-corrected chi connectivity index (χ1v) is 14.7. The zero-order valence-electron chi connectivity index (χ0n) is 23.7. The van der Waals surface area contributed by atoms with Crippen LogP contribution in [0.5, 0.6) is 5.75 Å². The Hall–Kier alpha value is -3.40. The quantitative estimate of drug-likeness (QED) is 0.282. The maximum atomic E-state index is 13.7. The molecule has 9 heteroatoms. The summed E-state index contributed by atoms with van der Waals surface area (Å²) in [5, 5.41) is 14.8. The lowest BCUT2D eigenvalue weighted by molar-refractivity contribution is 0.0115. The second kappa shape index (κ2) is 11.8. The van der Waals surface area contributed by atoms with E-state index in [4.69, 9.17) is 9.15 Å². The van der Waals surface area contributed by atoms with Crippen LogP contribution in [-0.2, 0) is 6.61 Å². The number of likely N-dealkylation sites (tertiary alicyclic amines) is 2. The van der Waals surface area contributed by atoms with Crippen molar-refractivity contribution in [3.8, 4) is 5.75 Å². The lowest BCUT2D eigenvalue weighted by Gasteiger charge is -2.41. The van der Waals surface area contributed by atoms with Crippen molar-refractivity contribution >= 4 is 27.8 Å². The average molecular weight is 563 g/mol. The molecule has 218 valence electrons. The largest absolute Gasteiger partial charge is 0.488 e. The number of rotatable bonds is 8. The minimum Gasteiger partial charge on any atom is -0.488 e. The van der Waals surface area contributed by atoms with Crippen molar-refractivity contribution in [1.29, 1.82) is 0 Å². The van der Waals surface area contributed by atoms with Gasteiger partial charge < -0.3 is 29.5 Å². The van der Waals surface area contributed by atoms with E-state index in [2.05, 4.69) is 33.9 Å². The molecule has 4 heterocycles. The van der Waals surface area contributed by atoms with Crippen molar-refractivity contribution in [3.63, 3.8) is 0 Å². The van der Waals surface area contributed by atoms with E-state index in [1.54, 1.807) is 12.3 Å². The predicted octanol–water partition coefficient (Wildman–Crippen LogP) is 4.92. The maximum Gasteiger partial charge on any atom is 0.267 e. The molecule has 0 radical (unpaired) electrons. The second-order valence-electron chi connectivity index (χ2n) is 11.8. The van der Waals surface area contributed by atoms with E-state index in [-0.39, 0.29) is 30.5 Å². The van der Waals surface area contributed by atoms with Crippen molar-refractivity contribution in [2.75, 3.05) is 32.7 Å². The predicted molar refractivity (Wildman–Crippen MR) is 157 cm³/mol. The van der Waals surface area contributed by atoms with Crippen LogP contribution in [-0.4, -0.2) is 76.7 Å². The molecule has 0 aliphatic carbocycles. The zero-order chi connectivity index (χ0) is 28.5. The molecular weight excluding hydrogens is 523 g/mol. The van der Waals surface area contributed by atoms with Crippen LogP contribution in [0.25, 0.3) is 21.9 Å². The summed E-state index contributed by atoms with van der Waals surface area (Å²) in [6, 6.07) is 12.5. The van der Waals surface area contributed by atoms with Crippen LogP contribution in [0.1, 0.15) is 49.2 Å². The fourth-order valence-corrected chi connectivity index (χ4v) is 6.27. The Morgan fingerprint density at radius 2 is 2.00 bits per heavy atom. The molecule has 0 saturated carbocycles. The van der Waals surface area contributed by atoms with Crippen LogP contribution >= 0.6 is 0 Å². The van der Waals surface area contributed by atoms with E-state index in [0.29, 0.717) is 34.4 Å². The number of piperidine rings is 2. The highest BCUT2D eigenvalue weighted by Crippen LogP contribution is 2.29. The van der Waals surface area contributed by atoms with E-state index in [1.165, 1.54) is 12.1 Å². The first-order valence-electron chi connectivity index (χ1n) is 14.7. The summed E-state index contributed by atoms with van der Waals surface area (Å²) in [5.74, 6) is 0.527. The molecule has 2 aromatic heterocycles. The fourth-order valence-electron chi connectivity index (χ4n) is 6.27. The van der Waals surface area contributed by atoms with Crippen molar-refractivity contribution in [3.05, 3.63) is 65.8 Å². The van der Waals surface area contributed by atoms with Crippen LogP contribution < -0.4 is 10.1 Å². The van der Waals surface area contributed by atoms with Gasteiger partial charge in [-0.2, -0.15) is 0 Å². The van der Waals surface area contributed by atoms with Gasteiger partial charge in [-0.3, -0.25) is 9.69 Å². The highest BCUT2D eigenvalue weighted by atomic mass is 19.1. The number of H-pyrrole nitrogens is 1. The summed E-state index contributed by atoms with van der Waals surface area (Å²) in [5.41, 5.74) is 2.69. The first kappa shape index (κ1) is 27.8.